The molecule has 0 fully saturated rings. The number of carboxylic acid groups (broad SMARTS) is 1. The summed E-state index contributed by atoms with van der Waals surface area (Å²) in [4.78, 5) is 11.3. The molecule has 100 valence electrons. The highest BCUT2D eigenvalue weighted by molar-refractivity contribution is 5.72. The van der Waals surface area contributed by atoms with Crippen LogP contribution in [0.25, 0.3) is 0 Å². The molecule has 2 rings (SSSR count). The first-order valence-corrected chi connectivity index (χ1v) is 5.99. The molecule has 0 saturated heterocycles. The normalized spacial score (nSPS) is 12.3. The molecule has 1 aromatic carbocycles. The van der Waals surface area contributed by atoms with E-state index in [4.69, 9.17) is 5.11 Å². The van der Waals surface area contributed by atoms with Crippen LogP contribution < -0.4 is 0 Å². The quantitative estimate of drug-likeness (QED) is 0.798. The molecule has 2 aromatic rings. The lowest BCUT2D eigenvalue weighted by Gasteiger charge is -2.11. The van der Waals surface area contributed by atoms with Gasteiger partial charge in [-0.2, -0.15) is 0 Å². The monoisotopic (exact) mass is 261 g/mol. The van der Waals surface area contributed by atoms with Crippen LogP contribution in [0.15, 0.2) is 36.5 Å². The van der Waals surface area contributed by atoms with Crippen LogP contribution in [0.4, 0.5) is 0 Å². The van der Waals surface area contributed by atoms with E-state index in [2.05, 4.69) is 10.3 Å². The van der Waals surface area contributed by atoms with Crippen LogP contribution >= 0.6 is 0 Å². The third-order valence-corrected chi connectivity index (χ3v) is 2.80. The van der Waals surface area contributed by atoms with Gasteiger partial charge in [0.25, 0.3) is 0 Å². The Kier molecular flexibility index (Phi) is 4.25. The van der Waals surface area contributed by atoms with Gasteiger partial charge in [0.05, 0.1) is 5.69 Å². The Labute approximate surface area is 110 Å². The van der Waals surface area contributed by atoms with E-state index in [1.54, 1.807) is 6.20 Å². The molecular formula is C13H15N3O3. The molecule has 0 aliphatic rings. The number of hydrogen-bond donors (Lipinski definition) is 2. The largest absolute Gasteiger partial charge is 0.480 e. The lowest BCUT2D eigenvalue weighted by Crippen LogP contribution is -2.22. The van der Waals surface area contributed by atoms with Gasteiger partial charge >= 0.3 is 5.97 Å². The van der Waals surface area contributed by atoms with Crippen molar-refractivity contribution in [2.45, 2.75) is 18.9 Å². The molecule has 0 amide bonds. The molecule has 0 aliphatic heterocycles. The molecular weight excluding hydrogens is 246 g/mol. The van der Waals surface area contributed by atoms with Gasteiger partial charge < -0.3 is 10.2 Å². The maximum absolute atomic E-state index is 11.3. The summed E-state index contributed by atoms with van der Waals surface area (Å²) in [5, 5.41) is 25.8. The highest BCUT2D eigenvalue weighted by Gasteiger charge is 2.21. The van der Waals surface area contributed by atoms with E-state index in [1.807, 2.05) is 30.3 Å². The van der Waals surface area contributed by atoms with Gasteiger partial charge in [0.2, 0.25) is 0 Å². The lowest BCUT2D eigenvalue weighted by atomic mass is 10.1. The third-order valence-electron chi connectivity index (χ3n) is 2.80. The van der Waals surface area contributed by atoms with Gasteiger partial charge in [0.15, 0.2) is 6.04 Å². The second kappa shape index (κ2) is 6.10. The van der Waals surface area contributed by atoms with E-state index in [-0.39, 0.29) is 6.61 Å². The molecule has 0 radical (unpaired) electrons. The van der Waals surface area contributed by atoms with E-state index in [9.17, 15) is 9.90 Å². The van der Waals surface area contributed by atoms with Crippen LogP contribution in [0, 0.1) is 0 Å². The van der Waals surface area contributed by atoms with E-state index in [1.165, 1.54) is 4.68 Å². The smallest absolute Gasteiger partial charge is 0.328 e. The van der Waals surface area contributed by atoms with E-state index in [0.29, 0.717) is 18.5 Å². The minimum absolute atomic E-state index is 0.0326. The van der Waals surface area contributed by atoms with Crippen molar-refractivity contribution in [2.75, 3.05) is 6.61 Å². The van der Waals surface area contributed by atoms with Crippen molar-refractivity contribution in [1.29, 1.82) is 0 Å². The van der Waals surface area contributed by atoms with Crippen LogP contribution in [-0.4, -0.2) is 37.8 Å². The minimum Gasteiger partial charge on any atom is -0.480 e. The highest BCUT2D eigenvalue weighted by atomic mass is 16.4. The van der Waals surface area contributed by atoms with Crippen molar-refractivity contribution in [3.63, 3.8) is 0 Å². The Bertz CT molecular complexity index is 539. The first-order chi connectivity index (χ1) is 9.20. The molecule has 19 heavy (non-hydrogen) atoms. The fourth-order valence-electron chi connectivity index (χ4n) is 1.83. The molecule has 1 aromatic heterocycles. The van der Waals surface area contributed by atoms with E-state index >= 15 is 0 Å². The van der Waals surface area contributed by atoms with Gasteiger partial charge in [-0.1, -0.05) is 35.5 Å². The molecule has 6 heteroatoms. The lowest BCUT2D eigenvalue weighted by molar-refractivity contribution is -0.141. The molecule has 0 aliphatic carbocycles. The summed E-state index contributed by atoms with van der Waals surface area (Å²) in [6, 6.07) is 8.58. The molecule has 0 spiro atoms. The van der Waals surface area contributed by atoms with Crippen molar-refractivity contribution in [3.05, 3.63) is 47.8 Å². The van der Waals surface area contributed by atoms with Gasteiger partial charge in [0, 0.05) is 25.6 Å². The number of rotatable bonds is 6. The predicted octanol–water partition coefficient (Wildman–Crippen LogP) is 0.681. The Balaban J connectivity index is 2.17. The summed E-state index contributed by atoms with van der Waals surface area (Å²) in [7, 11) is 0. The van der Waals surface area contributed by atoms with Gasteiger partial charge in [-0.05, 0) is 5.56 Å². The summed E-state index contributed by atoms with van der Waals surface area (Å²) in [5.41, 5.74) is 1.51. The van der Waals surface area contributed by atoms with Crippen LogP contribution in [-0.2, 0) is 17.6 Å². The summed E-state index contributed by atoms with van der Waals surface area (Å²) < 4.78 is 1.33. The van der Waals surface area contributed by atoms with Crippen molar-refractivity contribution in [2.24, 2.45) is 0 Å². The fourth-order valence-corrected chi connectivity index (χ4v) is 1.83. The Morgan fingerprint density at radius 1 is 1.32 bits per heavy atom. The summed E-state index contributed by atoms with van der Waals surface area (Å²) in [6.07, 6.45) is 2.29. The number of aliphatic hydroxyl groups is 1. The number of benzene rings is 1. The zero-order chi connectivity index (χ0) is 13.7. The number of carboxylic acids is 1. The first-order valence-electron chi connectivity index (χ1n) is 5.99. The van der Waals surface area contributed by atoms with Crippen LogP contribution in [0.3, 0.4) is 0 Å². The predicted molar refractivity (Wildman–Crippen MR) is 67.6 cm³/mol. The van der Waals surface area contributed by atoms with Crippen molar-refractivity contribution in [3.8, 4) is 0 Å². The maximum atomic E-state index is 11.3. The number of aromatic nitrogens is 3. The van der Waals surface area contributed by atoms with Crippen LogP contribution in [0.2, 0.25) is 0 Å². The van der Waals surface area contributed by atoms with Gasteiger partial charge in [-0.3, -0.25) is 0 Å². The number of nitrogens with zero attached hydrogens (tertiary/aromatic N) is 3. The Morgan fingerprint density at radius 3 is 2.68 bits per heavy atom. The minimum atomic E-state index is -0.954. The average Bonchev–Trinajstić information content (AvgIpc) is 2.85. The highest BCUT2D eigenvalue weighted by Crippen LogP contribution is 2.14. The van der Waals surface area contributed by atoms with Gasteiger partial charge in [0.1, 0.15) is 0 Å². The van der Waals surface area contributed by atoms with Crippen LogP contribution in [0.1, 0.15) is 17.3 Å². The summed E-state index contributed by atoms with van der Waals surface area (Å²) >= 11 is 0. The molecule has 6 nitrogen and oxygen atoms in total. The zero-order valence-electron chi connectivity index (χ0n) is 10.3. The van der Waals surface area contributed by atoms with Crippen molar-refractivity contribution in [1.82, 2.24) is 15.0 Å². The Morgan fingerprint density at radius 2 is 2.05 bits per heavy atom. The van der Waals surface area contributed by atoms with Crippen LogP contribution in [0.5, 0.6) is 0 Å². The summed E-state index contributed by atoms with van der Waals surface area (Å²) in [6.45, 7) is -0.0326. The number of aliphatic carboxylic acids is 1. The average molecular weight is 261 g/mol. The molecule has 0 saturated carbocycles. The SMILES string of the molecule is O=C(O)C(Cc1ccccc1)n1cc(CCO)nn1. The Hall–Kier alpha value is -2.21. The molecule has 0 bridgehead atoms. The third kappa shape index (κ3) is 3.38. The van der Waals surface area contributed by atoms with E-state index < -0.39 is 12.0 Å². The van der Waals surface area contributed by atoms with Crippen molar-refractivity contribution < 1.29 is 15.0 Å². The second-order valence-electron chi connectivity index (χ2n) is 4.21. The summed E-state index contributed by atoms with van der Waals surface area (Å²) in [5.74, 6) is -0.954. The first kappa shape index (κ1) is 13.2. The molecule has 1 unspecified atom stereocenters. The van der Waals surface area contributed by atoms with Gasteiger partial charge in [-0.25, -0.2) is 9.48 Å². The molecule has 1 atom stereocenters. The molecule has 1 heterocycles. The van der Waals surface area contributed by atoms with Gasteiger partial charge in [-0.15, -0.1) is 5.10 Å². The van der Waals surface area contributed by atoms with Crippen molar-refractivity contribution >= 4 is 5.97 Å². The fraction of sp³-hybridized carbons (Fsp3) is 0.308. The second-order valence-corrected chi connectivity index (χ2v) is 4.21. The van der Waals surface area contributed by atoms with E-state index in [0.717, 1.165) is 5.56 Å². The zero-order valence-corrected chi connectivity index (χ0v) is 10.3. The maximum Gasteiger partial charge on any atom is 0.328 e. The number of carbonyl (C=O) groups is 1. The number of aliphatic hydroxyl groups excluding tert-OH is 1. The standard InChI is InChI=1S/C13H15N3O3/c17-7-6-11-9-16(15-14-11)12(13(18)19)8-10-4-2-1-3-5-10/h1-5,9,12,17H,6-8H2,(H,18,19). The topological polar surface area (TPSA) is 88.2 Å². The number of hydrogen-bond acceptors (Lipinski definition) is 4. The molecule has 2 N–H and O–H groups in total.